The lowest BCUT2D eigenvalue weighted by atomic mass is 9.98. The average Bonchev–Trinajstić information content (AvgIpc) is 3.43. The van der Waals surface area contributed by atoms with Gasteiger partial charge in [-0.3, -0.25) is 14.8 Å². The molecule has 36 heavy (non-hydrogen) atoms. The molecule has 4 aromatic rings. The van der Waals surface area contributed by atoms with Crippen LogP contribution in [-0.2, 0) is 11.3 Å². The van der Waals surface area contributed by atoms with Gasteiger partial charge in [-0.1, -0.05) is 0 Å². The zero-order valence-electron chi connectivity index (χ0n) is 19.8. The highest BCUT2D eigenvalue weighted by molar-refractivity contribution is 5.88. The molecule has 184 valence electrons. The summed E-state index contributed by atoms with van der Waals surface area (Å²) < 4.78 is 1.77. The fourth-order valence-electron chi connectivity index (χ4n) is 5.54. The number of amides is 1. The first-order valence-corrected chi connectivity index (χ1v) is 11.8. The van der Waals surface area contributed by atoms with Gasteiger partial charge in [0.05, 0.1) is 36.1 Å². The number of rotatable bonds is 6. The predicted molar refractivity (Wildman–Crippen MR) is 131 cm³/mol. The number of imidazole rings is 1. The number of aliphatic hydroxyl groups excluding tert-OH is 2. The molecule has 2 saturated carbocycles. The molecule has 5 atom stereocenters. The number of hydrogen-bond acceptors (Lipinski definition) is 9. The number of nitrogens with zero attached hydrogens (tertiary/aromatic N) is 6. The van der Waals surface area contributed by atoms with E-state index in [-0.39, 0.29) is 11.8 Å². The van der Waals surface area contributed by atoms with Gasteiger partial charge >= 0.3 is 0 Å². The number of anilines is 1. The molecular weight excluding hydrogens is 460 g/mol. The van der Waals surface area contributed by atoms with Crippen LogP contribution in [0.1, 0.15) is 23.7 Å². The lowest BCUT2D eigenvalue weighted by Crippen LogP contribution is -2.41. The molecule has 0 aliphatic heterocycles. The van der Waals surface area contributed by atoms with E-state index in [0.29, 0.717) is 35.8 Å². The van der Waals surface area contributed by atoms with Gasteiger partial charge in [0.1, 0.15) is 11.6 Å². The predicted octanol–water partition coefficient (Wildman–Crippen LogP) is 1.23. The maximum Gasteiger partial charge on any atom is 0.229 e. The van der Waals surface area contributed by atoms with E-state index in [2.05, 4.69) is 25.6 Å². The molecule has 4 heterocycles. The van der Waals surface area contributed by atoms with Crippen LogP contribution in [0.5, 0.6) is 0 Å². The Bertz CT molecular complexity index is 1460. The zero-order chi connectivity index (χ0) is 25.0. The molecule has 1 unspecified atom stereocenters. The third kappa shape index (κ3) is 3.34. The van der Waals surface area contributed by atoms with Gasteiger partial charge in [-0.05, 0) is 43.2 Å². The molecular formula is C25H26N8O3. The van der Waals surface area contributed by atoms with Crippen molar-refractivity contribution in [2.75, 3.05) is 12.4 Å². The molecule has 0 saturated heterocycles. The van der Waals surface area contributed by atoms with Crippen LogP contribution >= 0.6 is 0 Å². The van der Waals surface area contributed by atoms with Gasteiger partial charge in [-0.15, -0.1) is 0 Å². The summed E-state index contributed by atoms with van der Waals surface area (Å²) in [6.07, 6.45) is 4.90. The van der Waals surface area contributed by atoms with E-state index in [9.17, 15) is 15.0 Å². The molecule has 2 aliphatic carbocycles. The van der Waals surface area contributed by atoms with Crippen molar-refractivity contribution in [3.63, 3.8) is 0 Å². The Morgan fingerprint density at radius 3 is 2.83 bits per heavy atom. The van der Waals surface area contributed by atoms with E-state index in [1.54, 1.807) is 36.5 Å². The average molecular weight is 487 g/mol. The van der Waals surface area contributed by atoms with E-state index in [1.807, 2.05) is 31.2 Å². The van der Waals surface area contributed by atoms with E-state index in [4.69, 9.17) is 9.97 Å². The summed E-state index contributed by atoms with van der Waals surface area (Å²) >= 11 is 0. The first-order valence-electron chi connectivity index (χ1n) is 11.8. The summed E-state index contributed by atoms with van der Waals surface area (Å²) in [6, 6.07) is 7.06. The number of aromatic nitrogens is 6. The molecule has 11 heteroatoms. The second kappa shape index (κ2) is 8.32. The van der Waals surface area contributed by atoms with Gasteiger partial charge in [0.15, 0.2) is 17.3 Å². The van der Waals surface area contributed by atoms with Crippen LogP contribution in [-0.4, -0.2) is 64.9 Å². The third-order valence-electron chi connectivity index (χ3n) is 7.39. The van der Waals surface area contributed by atoms with E-state index < -0.39 is 23.7 Å². The molecule has 0 radical (unpaired) electrons. The van der Waals surface area contributed by atoms with Gasteiger partial charge in [-0.25, -0.2) is 15.0 Å². The number of aliphatic hydroxyl groups is 2. The maximum absolute atomic E-state index is 12.6. The van der Waals surface area contributed by atoms with Crippen LogP contribution < -0.4 is 10.6 Å². The van der Waals surface area contributed by atoms with Gasteiger partial charge in [0.2, 0.25) is 5.91 Å². The number of aryl methyl sites for hydroxylation is 1. The minimum Gasteiger partial charge on any atom is -0.389 e. The minimum absolute atomic E-state index is 0.232. The van der Waals surface area contributed by atoms with Crippen LogP contribution in [0.3, 0.4) is 0 Å². The second-order valence-corrected chi connectivity index (χ2v) is 9.50. The highest BCUT2D eigenvalue weighted by Crippen LogP contribution is 2.67. The SMILES string of the molecule is CNC(=O)[C@]12C[C@@H]1C(n1cnc3c(NCc4cc(C)ccn4)nc(-c4cccnc4)nc31)[C@H](O)[C@@H]2O. The van der Waals surface area contributed by atoms with Crippen molar-refractivity contribution in [1.29, 1.82) is 0 Å². The smallest absolute Gasteiger partial charge is 0.229 e. The highest BCUT2D eigenvalue weighted by Gasteiger charge is 2.75. The normalized spacial score (nSPS) is 26.6. The number of carbonyl (C=O) groups excluding carboxylic acids is 1. The van der Waals surface area contributed by atoms with Crippen molar-refractivity contribution in [3.8, 4) is 11.4 Å². The Labute approximate surface area is 206 Å². The third-order valence-corrected chi connectivity index (χ3v) is 7.39. The Balaban J connectivity index is 1.43. The molecule has 6 rings (SSSR count). The molecule has 1 amide bonds. The monoisotopic (exact) mass is 486 g/mol. The zero-order valence-corrected chi connectivity index (χ0v) is 19.8. The number of nitrogens with one attached hydrogen (secondary N) is 2. The second-order valence-electron chi connectivity index (χ2n) is 9.50. The number of fused-ring (bicyclic) bond motifs is 2. The van der Waals surface area contributed by atoms with E-state index in [0.717, 1.165) is 16.8 Å². The molecule has 0 spiro atoms. The van der Waals surface area contributed by atoms with Crippen LogP contribution in [0.4, 0.5) is 5.82 Å². The fraction of sp³-hybridized carbons (Fsp3) is 0.360. The molecule has 4 N–H and O–H groups in total. The van der Waals surface area contributed by atoms with Gasteiger partial charge in [0.25, 0.3) is 0 Å². The summed E-state index contributed by atoms with van der Waals surface area (Å²) in [5.74, 6) is 0.468. The van der Waals surface area contributed by atoms with Crippen molar-refractivity contribution in [2.24, 2.45) is 11.3 Å². The van der Waals surface area contributed by atoms with Crippen molar-refractivity contribution in [1.82, 2.24) is 34.8 Å². The first-order chi connectivity index (χ1) is 17.4. The molecule has 2 aliphatic rings. The standard InChI is InChI=1S/C25H26N8O3/c1-13-5-7-28-15(8-13)11-29-22-17-23(32-21(31-22)14-4-3-6-27-10-14)33(12-30-17)18-16-9-25(16,24(36)26-2)20(35)19(18)34/h3-8,10,12,16,18-20,34-35H,9,11H2,1-2H3,(H,26,36)(H,29,31,32)/t16-,18?,19+,20+,25-/m1/s1. The quantitative estimate of drug-likeness (QED) is 0.315. The summed E-state index contributed by atoms with van der Waals surface area (Å²) in [5.41, 5.74) is 2.71. The Morgan fingerprint density at radius 1 is 1.22 bits per heavy atom. The molecule has 4 aromatic heterocycles. The lowest BCUT2D eigenvalue weighted by molar-refractivity contribution is -0.132. The first kappa shape index (κ1) is 22.5. The Morgan fingerprint density at radius 2 is 2.08 bits per heavy atom. The Hall–Kier alpha value is -3.96. The van der Waals surface area contributed by atoms with Crippen molar-refractivity contribution in [2.45, 2.75) is 38.1 Å². The van der Waals surface area contributed by atoms with E-state index >= 15 is 0 Å². The number of carbonyl (C=O) groups is 1. The maximum atomic E-state index is 12.6. The fourth-order valence-corrected chi connectivity index (χ4v) is 5.54. The number of pyridine rings is 2. The van der Waals surface area contributed by atoms with E-state index in [1.165, 1.54) is 0 Å². The van der Waals surface area contributed by atoms with Crippen LogP contribution in [0.25, 0.3) is 22.6 Å². The number of hydrogen-bond donors (Lipinski definition) is 4. The van der Waals surface area contributed by atoms with Crippen molar-refractivity contribution in [3.05, 3.63) is 60.4 Å². The van der Waals surface area contributed by atoms with Gasteiger partial charge in [-0.2, -0.15) is 0 Å². The summed E-state index contributed by atoms with van der Waals surface area (Å²) in [6.45, 7) is 2.44. The summed E-state index contributed by atoms with van der Waals surface area (Å²) in [7, 11) is 1.54. The van der Waals surface area contributed by atoms with Crippen molar-refractivity contribution >= 4 is 22.9 Å². The van der Waals surface area contributed by atoms with Gasteiger partial charge < -0.3 is 25.4 Å². The largest absolute Gasteiger partial charge is 0.389 e. The molecule has 0 bridgehead atoms. The lowest BCUT2D eigenvalue weighted by Gasteiger charge is -2.23. The van der Waals surface area contributed by atoms with Crippen molar-refractivity contribution < 1.29 is 15.0 Å². The highest BCUT2D eigenvalue weighted by atomic mass is 16.3. The topological polar surface area (TPSA) is 151 Å². The van der Waals surface area contributed by atoms with Crippen LogP contribution in [0, 0.1) is 18.3 Å². The molecule has 0 aromatic carbocycles. The summed E-state index contributed by atoms with van der Waals surface area (Å²) in [5, 5.41) is 27.8. The van der Waals surface area contributed by atoms with Crippen LogP contribution in [0.2, 0.25) is 0 Å². The molecule has 11 nitrogen and oxygen atoms in total. The van der Waals surface area contributed by atoms with Crippen LogP contribution in [0.15, 0.2) is 49.2 Å². The molecule has 2 fully saturated rings. The summed E-state index contributed by atoms with van der Waals surface area (Å²) in [4.78, 5) is 35.3. The Kier molecular flexibility index (Phi) is 5.20. The van der Waals surface area contributed by atoms with Gasteiger partial charge in [0, 0.05) is 37.1 Å². The minimum atomic E-state index is -1.17.